The smallest absolute Gasteiger partial charge is 0.223 e. The highest BCUT2D eigenvalue weighted by atomic mass is 16.3. The molecule has 1 rings (SSSR count). The first-order chi connectivity index (χ1) is 7.17. The maximum atomic E-state index is 11.7. The van der Waals surface area contributed by atoms with E-state index in [0.717, 1.165) is 18.8 Å². The van der Waals surface area contributed by atoms with E-state index in [0.29, 0.717) is 0 Å². The van der Waals surface area contributed by atoms with Crippen molar-refractivity contribution < 1.29 is 9.90 Å². The quantitative estimate of drug-likeness (QED) is 0.746. The van der Waals surface area contributed by atoms with Gasteiger partial charge >= 0.3 is 0 Å². The van der Waals surface area contributed by atoms with Crippen LogP contribution in [0.5, 0.6) is 0 Å². The Morgan fingerprint density at radius 3 is 2.47 bits per heavy atom. The molecule has 88 valence electrons. The predicted molar refractivity (Wildman–Crippen MR) is 60.4 cm³/mol. The minimum absolute atomic E-state index is 0.0239. The molecule has 0 aliphatic heterocycles. The predicted octanol–water partition coefficient (Wildman–Crippen LogP) is 1.70. The third kappa shape index (κ3) is 3.82. The van der Waals surface area contributed by atoms with E-state index < -0.39 is 0 Å². The largest absolute Gasteiger partial charge is 0.394 e. The van der Waals surface area contributed by atoms with Gasteiger partial charge in [-0.25, -0.2) is 0 Å². The highest BCUT2D eigenvalue weighted by molar-refractivity contribution is 5.78. The van der Waals surface area contributed by atoms with Gasteiger partial charge in [-0.05, 0) is 38.5 Å². The van der Waals surface area contributed by atoms with Crippen molar-refractivity contribution in [2.24, 2.45) is 11.8 Å². The Bertz CT molecular complexity index is 198. The average molecular weight is 213 g/mol. The number of hydrogen-bond donors (Lipinski definition) is 2. The molecule has 0 aromatic carbocycles. The number of carbonyl (C=O) groups excluding carboxylic acids is 1. The van der Waals surface area contributed by atoms with Crippen molar-refractivity contribution >= 4 is 5.91 Å². The van der Waals surface area contributed by atoms with Gasteiger partial charge in [0.25, 0.3) is 0 Å². The molecule has 15 heavy (non-hydrogen) atoms. The molecule has 0 bridgehead atoms. The fraction of sp³-hybridized carbons (Fsp3) is 0.917. The number of amides is 1. The van der Waals surface area contributed by atoms with Crippen LogP contribution in [0.2, 0.25) is 0 Å². The molecule has 1 aliphatic carbocycles. The molecule has 0 saturated heterocycles. The molecule has 0 aromatic heterocycles. The molecule has 0 aromatic rings. The Balaban J connectivity index is 2.30. The molecule has 3 heteroatoms. The second kappa shape index (κ2) is 6.11. The summed E-state index contributed by atoms with van der Waals surface area (Å²) in [6.07, 6.45) is 5.64. The standard InChI is InChI=1S/C12H23NO2/c1-3-10-4-6-11(7-5-10)12(15)13-9(2)8-14/h9-11,14H,3-8H2,1-2H3,(H,13,15)/t9-,10?,11?/m1/s1. The van der Waals surface area contributed by atoms with Gasteiger partial charge in [0.15, 0.2) is 0 Å². The molecule has 1 saturated carbocycles. The second-order valence-electron chi connectivity index (χ2n) is 4.72. The van der Waals surface area contributed by atoms with Gasteiger partial charge < -0.3 is 10.4 Å². The molecule has 2 N–H and O–H groups in total. The van der Waals surface area contributed by atoms with Crippen LogP contribution in [0.4, 0.5) is 0 Å². The lowest BCUT2D eigenvalue weighted by atomic mass is 9.80. The van der Waals surface area contributed by atoms with E-state index in [2.05, 4.69) is 12.2 Å². The first-order valence-corrected chi connectivity index (χ1v) is 6.08. The fourth-order valence-electron chi connectivity index (χ4n) is 2.24. The van der Waals surface area contributed by atoms with Crippen molar-refractivity contribution in [1.29, 1.82) is 0 Å². The van der Waals surface area contributed by atoms with Crippen molar-refractivity contribution in [3.63, 3.8) is 0 Å². The van der Waals surface area contributed by atoms with Crippen LogP contribution in [0.3, 0.4) is 0 Å². The Morgan fingerprint density at radius 2 is 2.00 bits per heavy atom. The van der Waals surface area contributed by atoms with Crippen LogP contribution in [0.15, 0.2) is 0 Å². The molecule has 0 heterocycles. The van der Waals surface area contributed by atoms with E-state index in [4.69, 9.17) is 5.11 Å². The summed E-state index contributed by atoms with van der Waals surface area (Å²) in [7, 11) is 0. The van der Waals surface area contributed by atoms with E-state index in [1.807, 2.05) is 6.92 Å². The number of aliphatic hydroxyl groups is 1. The number of aliphatic hydroxyl groups excluding tert-OH is 1. The summed E-state index contributed by atoms with van der Waals surface area (Å²) >= 11 is 0. The summed E-state index contributed by atoms with van der Waals surface area (Å²) in [4.78, 5) is 11.7. The first kappa shape index (κ1) is 12.5. The van der Waals surface area contributed by atoms with Crippen LogP contribution in [-0.4, -0.2) is 23.7 Å². The maximum absolute atomic E-state index is 11.7. The van der Waals surface area contributed by atoms with Crippen LogP contribution in [0, 0.1) is 11.8 Å². The third-order valence-electron chi connectivity index (χ3n) is 3.46. The van der Waals surface area contributed by atoms with Gasteiger partial charge in [-0.3, -0.25) is 4.79 Å². The minimum Gasteiger partial charge on any atom is -0.394 e. The van der Waals surface area contributed by atoms with Crippen LogP contribution in [-0.2, 0) is 4.79 Å². The highest BCUT2D eigenvalue weighted by Gasteiger charge is 2.25. The Hall–Kier alpha value is -0.570. The summed E-state index contributed by atoms with van der Waals surface area (Å²) in [6, 6.07) is -0.110. The summed E-state index contributed by atoms with van der Waals surface area (Å²) < 4.78 is 0. The second-order valence-corrected chi connectivity index (χ2v) is 4.72. The summed E-state index contributed by atoms with van der Waals surface area (Å²) in [5.74, 6) is 1.14. The topological polar surface area (TPSA) is 49.3 Å². The molecular weight excluding hydrogens is 190 g/mol. The molecule has 3 nitrogen and oxygen atoms in total. The van der Waals surface area contributed by atoms with Crippen molar-refractivity contribution in [3.05, 3.63) is 0 Å². The summed E-state index contributed by atoms with van der Waals surface area (Å²) in [5.41, 5.74) is 0. The molecule has 0 spiro atoms. The number of nitrogens with one attached hydrogen (secondary N) is 1. The normalized spacial score (nSPS) is 28.5. The Kier molecular flexibility index (Phi) is 5.09. The minimum atomic E-state index is -0.110. The van der Waals surface area contributed by atoms with Gasteiger partial charge in [0.2, 0.25) is 5.91 Å². The average Bonchev–Trinajstić information content (AvgIpc) is 2.29. The van der Waals surface area contributed by atoms with Crippen molar-refractivity contribution in [2.45, 2.75) is 52.0 Å². The number of hydrogen-bond acceptors (Lipinski definition) is 2. The molecule has 1 fully saturated rings. The van der Waals surface area contributed by atoms with E-state index >= 15 is 0 Å². The molecule has 1 amide bonds. The number of rotatable bonds is 4. The molecule has 0 unspecified atom stereocenters. The first-order valence-electron chi connectivity index (χ1n) is 6.08. The highest BCUT2D eigenvalue weighted by Crippen LogP contribution is 2.30. The van der Waals surface area contributed by atoms with Gasteiger partial charge in [-0.2, -0.15) is 0 Å². The molecule has 1 aliphatic rings. The van der Waals surface area contributed by atoms with Crippen molar-refractivity contribution in [1.82, 2.24) is 5.32 Å². The van der Waals surface area contributed by atoms with Gasteiger partial charge in [-0.1, -0.05) is 13.3 Å². The number of carbonyl (C=O) groups is 1. The van der Waals surface area contributed by atoms with Crippen LogP contribution >= 0.6 is 0 Å². The van der Waals surface area contributed by atoms with E-state index in [-0.39, 0.29) is 24.5 Å². The van der Waals surface area contributed by atoms with Gasteiger partial charge in [-0.15, -0.1) is 0 Å². The van der Waals surface area contributed by atoms with Crippen molar-refractivity contribution in [2.75, 3.05) is 6.61 Å². The van der Waals surface area contributed by atoms with E-state index in [1.165, 1.54) is 19.3 Å². The SMILES string of the molecule is CCC1CCC(C(=O)N[C@H](C)CO)CC1. The zero-order valence-corrected chi connectivity index (χ0v) is 9.83. The third-order valence-corrected chi connectivity index (χ3v) is 3.46. The van der Waals surface area contributed by atoms with Crippen LogP contribution < -0.4 is 5.32 Å². The lowest BCUT2D eigenvalue weighted by Gasteiger charge is -2.27. The Labute approximate surface area is 92.3 Å². The van der Waals surface area contributed by atoms with Gasteiger partial charge in [0.05, 0.1) is 6.61 Å². The fourth-order valence-corrected chi connectivity index (χ4v) is 2.24. The van der Waals surface area contributed by atoms with Gasteiger partial charge in [0, 0.05) is 12.0 Å². The molecular formula is C12H23NO2. The van der Waals surface area contributed by atoms with Gasteiger partial charge in [0.1, 0.15) is 0 Å². The maximum Gasteiger partial charge on any atom is 0.223 e. The van der Waals surface area contributed by atoms with E-state index in [1.54, 1.807) is 0 Å². The van der Waals surface area contributed by atoms with Crippen molar-refractivity contribution in [3.8, 4) is 0 Å². The zero-order chi connectivity index (χ0) is 11.3. The van der Waals surface area contributed by atoms with Crippen LogP contribution in [0.25, 0.3) is 0 Å². The molecule has 1 atom stereocenters. The zero-order valence-electron chi connectivity index (χ0n) is 9.83. The summed E-state index contributed by atoms with van der Waals surface area (Å²) in [6.45, 7) is 4.07. The van der Waals surface area contributed by atoms with E-state index in [9.17, 15) is 4.79 Å². The Morgan fingerprint density at radius 1 is 1.40 bits per heavy atom. The lowest BCUT2D eigenvalue weighted by molar-refractivity contribution is -0.127. The monoisotopic (exact) mass is 213 g/mol. The molecule has 0 radical (unpaired) electrons. The summed E-state index contributed by atoms with van der Waals surface area (Å²) in [5, 5.41) is 11.7. The van der Waals surface area contributed by atoms with Crippen LogP contribution in [0.1, 0.15) is 46.0 Å². The lowest BCUT2D eigenvalue weighted by Crippen LogP contribution is -2.40.